The van der Waals surface area contributed by atoms with Gasteiger partial charge < -0.3 is 15.1 Å². The van der Waals surface area contributed by atoms with Gasteiger partial charge in [-0.1, -0.05) is 0 Å². The molecule has 2 atom stereocenters. The van der Waals surface area contributed by atoms with Gasteiger partial charge in [-0.05, 0) is 45.4 Å². The van der Waals surface area contributed by atoms with Crippen molar-refractivity contribution in [1.82, 2.24) is 10.6 Å². The van der Waals surface area contributed by atoms with Gasteiger partial charge in [0.2, 0.25) is 5.91 Å². The first-order valence-electron chi connectivity index (χ1n) is 5.71. The second kappa shape index (κ2) is 4.29. The molecular weight excluding hydrogens is 204 g/mol. The lowest BCUT2D eigenvalue weighted by molar-refractivity contribution is -0.127. The summed E-state index contributed by atoms with van der Waals surface area (Å²) < 4.78 is 5.26. The maximum atomic E-state index is 12.1. The second-order valence-electron chi connectivity index (χ2n) is 4.57. The monoisotopic (exact) mass is 222 g/mol. The molecule has 0 saturated carbocycles. The maximum Gasteiger partial charge on any atom is 0.240 e. The Kier molecular flexibility index (Phi) is 3.01. The van der Waals surface area contributed by atoms with Crippen LogP contribution in [0.15, 0.2) is 22.8 Å². The molecule has 1 amide bonds. The summed E-state index contributed by atoms with van der Waals surface area (Å²) in [5.74, 6) is 0.837. The molecule has 2 N–H and O–H groups in total. The quantitative estimate of drug-likeness (QED) is 0.816. The average Bonchev–Trinajstić information content (AvgIpc) is 2.88. The van der Waals surface area contributed by atoms with Gasteiger partial charge in [-0.3, -0.25) is 4.79 Å². The van der Waals surface area contributed by atoms with Crippen molar-refractivity contribution in [3.63, 3.8) is 0 Å². The van der Waals surface area contributed by atoms with Crippen LogP contribution in [-0.4, -0.2) is 18.0 Å². The molecule has 0 bridgehead atoms. The lowest BCUT2D eigenvalue weighted by Gasteiger charge is -2.25. The molecule has 1 saturated heterocycles. The number of furan rings is 1. The SMILES string of the molecule is CC(NC(=O)C1(C)CCCN1)c1ccco1. The van der Waals surface area contributed by atoms with Gasteiger partial charge >= 0.3 is 0 Å². The predicted octanol–water partition coefficient (Wildman–Crippen LogP) is 1.60. The van der Waals surface area contributed by atoms with Gasteiger partial charge in [0.05, 0.1) is 17.8 Å². The normalized spacial score (nSPS) is 26.6. The molecule has 2 heterocycles. The standard InChI is InChI=1S/C12H18N2O2/c1-9(10-5-3-8-16-10)14-11(15)12(2)6-4-7-13-12/h3,5,8-9,13H,4,6-7H2,1-2H3,(H,14,15). The van der Waals surface area contributed by atoms with E-state index in [2.05, 4.69) is 10.6 Å². The molecule has 2 unspecified atom stereocenters. The Labute approximate surface area is 95.4 Å². The third-order valence-electron chi connectivity index (χ3n) is 3.19. The van der Waals surface area contributed by atoms with Crippen LogP contribution in [-0.2, 0) is 4.79 Å². The minimum absolute atomic E-state index is 0.0499. The minimum Gasteiger partial charge on any atom is -0.467 e. The molecular formula is C12H18N2O2. The summed E-state index contributed by atoms with van der Waals surface area (Å²) >= 11 is 0. The molecule has 4 heteroatoms. The van der Waals surface area contributed by atoms with Crippen LogP contribution in [0, 0.1) is 0 Å². The summed E-state index contributed by atoms with van der Waals surface area (Å²) in [6.07, 6.45) is 3.57. The topological polar surface area (TPSA) is 54.3 Å². The van der Waals surface area contributed by atoms with Crippen molar-refractivity contribution in [2.75, 3.05) is 6.54 Å². The van der Waals surface area contributed by atoms with Crippen LogP contribution in [0.1, 0.15) is 38.5 Å². The number of nitrogens with one attached hydrogen (secondary N) is 2. The summed E-state index contributed by atoms with van der Waals surface area (Å²) in [6.45, 7) is 4.79. The lowest BCUT2D eigenvalue weighted by Crippen LogP contribution is -2.51. The molecule has 0 spiro atoms. The summed E-state index contributed by atoms with van der Waals surface area (Å²) in [5, 5.41) is 6.21. The van der Waals surface area contributed by atoms with E-state index in [9.17, 15) is 4.79 Å². The number of carbonyl (C=O) groups is 1. The number of amides is 1. The van der Waals surface area contributed by atoms with Crippen LogP contribution < -0.4 is 10.6 Å². The van der Waals surface area contributed by atoms with Gasteiger partial charge in [0, 0.05) is 0 Å². The van der Waals surface area contributed by atoms with Gasteiger partial charge in [0.1, 0.15) is 5.76 Å². The summed E-state index contributed by atoms with van der Waals surface area (Å²) in [4.78, 5) is 12.1. The van der Waals surface area contributed by atoms with Gasteiger partial charge in [-0.15, -0.1) is 0 Å². The Morgan fingerprint density at radius 1 is 1.69 bits per heavy atom. The fourth-order valence-corrected chi connectivity index (χ4v) is 2.05. The van der Waals surface area contributed by atoms with E-state index in [0.717, 1.165) is 25.1 Å². The Hall–Kier alpha value is -1.29. The largest absolute Gasteiger partial charge is 0.467 e. The van der Waals surface area contributed by atoms with Crippen molar-refractivity contribution in [3.8, 4) is 0 Å². The highest BCUT2D eigenvalue weighted by Crippen LogP contribution is 2.20. The third-order valence-corrected chi connectivity index (χ3v) is 3.19. The highest BCUT2D eigenvalue weighted by Gasteiger charge is 2.36. The molecule has 0 aliphatic carbocycles. The van der Waals surface area contributed by atoms with Crippen molar-refractivity contribution >= 4 is 5.91 Å². The van der Waals surface area contributed by atoms with Crippen molar-refractivity contribution in [2.24, 2.45) is 0 Å². The Bertz CT molecular complexity index is 353. The second-order valence-corrected chi connectivity index (χ2v) is 4.57. The number of hydrogen-bond donors (Lipinski definition) is 2. The van der Waals surface area contributed by atoms with E-state index < -0.39 is 5.54 Å². The summed E-state index contributed by atoms with van der Waals surface area (Å²) in [6, 6.07) is 3.62. The molecule has 2 rings (SSSR count). The van der Waals surface area contributed by atoms with Crippen molar-refractivity contribution in [2.45, 2.75) is 38.3 Å². The first kappa shape index (κ1) is 11.2. The number of rotatable bonds is 3. The maximum absolute atomic E-state index is 12.1. The van der Waals surface area contributed by atoms with Gasteiger partial charge in [0.15, 0.2) is 0 Å². The van der Waals surface area contributed by atoms with E-state index >= 15 is 0 Å². The predicted molar refractivity (Wildman–Crippen MR) is 60.9 cm³/mol. The zero-order valence-corrected chi connectivity index (χ0v) is 9.75. The minimum atomic E-state index is -0.416. The first-order chi connectivity index (χ1) is 7.62. The van der Waals surface area contributed by atoms with Gasteiger partial charge in [0.25, 0.3) is 0 Å². The van der Waals surface area contributed by atoms with E-state index in [4.69, 9.17) is 4.42 Å². The molecule has 1 fully saturated rings. The highest BCUT2D eigenvalue weighted by molar-refractivity contribution is 5.86. The highest BCUT2D eigenvalue weighted by atomic mass is 16.3. The Morgan fingerprint density at radius 3 is 3.06 bits per heavy atom. The van der Waals surface area contributed by atoms with Crippen LogP contribution in [0.4, 0.5) is 0 Å². The smallest absolute Gasteiger partial charge is 0.240 e. The van der Waals surface area contributed by atoms with Gasteiger partial charge in [-0.25, -0.2) is 0 Å². The van der Waals surface area contributed by atoms with Crippen molar-refractivity contribution in [3.05, 3.63) is 24.2 Å². The molecule has 4 nitrogen and oxygen atoms in total. The van der Waals surface area contributed by atoms with Crippen LogP contribution in [0.3, 0.4) is 0 Å². The summed E-state index contributed by atoms with van der Waals surface area (Å²) in [7, 11) is 0. The van der Waals surface area contributed by atoms with Crippen LogP contribution in [0.25, 0.3) is 0 Å². The van der Waals surface area contributed by atoms with Crippen LogP contribution >= 0.6 is 0 Å². The fraction of sp³-hybridized carbons (Fsp3) is 0.583. The molecule has 1 aromatic heterocycles. The Balaban J connectivity index is 1.97. The number of hydrogen-bond acceptors (Lipinski definition) is 3. The molecule has 1 aliphatic heterocycles. The average molecular weight is 222 g/mol. The van der Waals surface area contributed by atoms with E-state index in [-0.39, 0.29) is 11.9 Å². The molecule has 16 heavy (non-hydrogen) atoms. The van der Waals surface area contributed by atoms with Crippen LogP contribution in [0.2, 0.25) is 0 Å². The van der Waals surface area contributed by atoms with Crippen molar-refractivity contribution in [1.29, 1.82) is 0 Å². The van der Waals surface area contributed by atoms with Crippen LogP contribution in [0.5, 0.6) is 0 Å². The molecule has 0 aromatic carbocycles. The first-order valence-corrected chi connectivity index (χ1v) is 5.71. The molecule has 88 valence electrons. The Morgan fingerprint density at radius 2 is 2.50 bits per heavy atom. The molecule has 0 radical (unpaired) electrons. The van der Waals surface area contributed by atoms with Crippen molar-refractivity contribution < 1.29 is 9.21 Å². The fourth-order valence-electron chi connectivity index (χ4n) is 2.05. The third kappa shape index (κ3) is 2.11. The molecule has 1 aromatic rings. The zero-order valence-electron chi connectivity index (χ0n) is 9.75. The zero-order chi connectivity index (χ0) is 11.6. The molecule has 1 aliphatic rings. The summed E-state index contributed by atoms with van der Waals surface area (Å²) in [5.41, 5.74) is -0.416. The van der Waals surface area contributed by atoms with E-state index in [0.29, 0.717) is 0 Å². The number of carbonyl (C=O) groups excluding carboxylic acids is 1. The van der Waals surface area contributed by atoms with E-state index in [1.165, 1.54) is 0 Å². The van der Waals surface area contributed by atoms with E-state index in [1.807, 2.05) is 26.0 Å². The lowest BCUT2D eigenvalue weighted by atomic mass is 9.99. The van der Waals surface area contributed by atoms with E-state index in [1.54, 1.807) is 6.26 Å². The van der Waals surface area contributed by atoms with Gasteiger partial charge in [-0.2, -0.15) is 0 Å².